The Kier molecular flexibility index (Phi) is 4.29. The first-order valence-electron chi connectivity index (χ1n) is 5.62. The van der Waals surface area contributed by atoms with Crippen LogP contribution in [0, 0.1) is 0 Å². The van der Waals surface area contributed by atoms with Crippen LogP contribution >= 0.6 is 27.7 Å². The van der Waals surface area contributed by atoms with Gasteiger partial charge in [-0.25, -0.2) is 9.89 Å². The summed E-state index contributed by atoms with van der Waals surface area (Å²) in [6, 6.07) is 8.25. The van der Waals surface area contributed by atoms with Crippen LogP contribution in [0.3, 0.4) is 0 Å². The van der Waals surface area contributed by atoms with Crippen molar-refractivity contribution in [3.8, 4) is 0 Å². The Hall–Kier alpha value is -1.01. The quantitative estimate of drug-likeness (QED) is 0.877. The lowest BCUT2D eigenvalue weighted by atomic mass is 10.2. The van der Waals surface area contributed by atoms with Crippen molar-refractivity contribution in [3.63, 3.8) is 0 Å². The average Bonchev–Trinajstić information content (AvgIpc) is 2.70. The smallest absolute Gasteiger partial charge is 0.268 e. The number of rotatable bonds is 4. The van der Waals surface area contributed by atoms with Gasteiger partial charge in [0.1, 0.15) is 0 Å². The zero-order chi connectivity index (χ0) is 13.1. The second kappa shape index (κ2) is 5.75. The predicted octanol–water partition coefficient (Wildman–Crippen LogP) is 3.21. The van der Waals surface area contributed by atoms with Crippen LogP contribution < -0.4 is 5.69 Å². The van der Waals surface area contributed by atoms with Crippen LogP contribution in [0.15, 0.2) is 38.7 Å². The van der Waals surface area contributed by atoms with Crippen LogP contribution in [-0.2, 0) is 5.75 Å². The molecule has 0 saturated heterocycles. The number of hydrogen-bond acceptors (Lipinski definition) is 3. The molecule has 0 radical (unpaired) electrons. The second-order valence-corrected chi connectivity index (χ2v) is 6.05. The summed E-state index contributed by atoms with van der Waals surface area (Å²) in [5.41, 5.74) is 1.05. The molecular weight excluding hydrogens is 314 g/mol. The molecule has 0 saturated carbocycles. The number of aromatic nitrogens is 3. The summed E-state index contributed by atoms with van der Waals surface area (Å²) >= 11 is 4.97. The van der Waals surface area contributed by atoms with Gasteiger partial charge in [-0.2, -0.15) is 0 Å². The summed E-state index contributed by atoms with van der Waals surface area (Å²) in [4.78, 5) is 11.6. The number of nitrogens with zero attached hydrogens (tertiary/aromatic N) is 2. The number of hydrogen-bond donors (Lipinski definition) is 1. The highest BCUT2D eigenvalue weighted by Crippen LogP contribution is 2.22. The Balaban J connectivity index is 2.11. The highest BCUT2D eigenvalue weighted by molar-refractivity contribution is 9.10. The van der Waals surface area contributed by atoms with Gasteiger partial charge in [0, 0.05) is 16.3 Å². The van der Waals surface area contributed by atoms with Gasteiger partial charge in [0.2, 0.25) is 0 Å². The van der Waals surface area contributed by atoms with Gasteiger partial charge in [-0.05, 0) is 31.5 Å². The van der Waals surface area contributed by atoms with Crippen LogP contribution in [-0.4, -0.2) is 14.8 Å². The molecular formula is C12H14BrN3OS. The first-order valence-corrected chi connectivity index (χ1v) is 7.40. The maximum atomic E-state index is 11.6. The number of thioether (sulfide) groups is 1. The molecule has 1 aromatic carbocycles. The number of halogens is 1. The fourth-order valence-corrected chi connectivity index (χ4v) is 2.87. The monoisotopic (exact) mass is 327 g/mol. The summed E-state index contributed by atoms with van der Waals surface area (Å²) < 4.78 is 2.74. The molecule has 0 aliphatic heterocycles. The first-order chi connectivity index (χ1) is 8.58. The molecule has 0 atom stereocenters. The van der Waals surface area contributed by atoms with Gasteiger partial charge < -0.3 is 0 Å². The maximum Gasteiger partial charge on any atom is 0.344 e. The van der Waals surface area contributed by atoms with Crippen LogP contribution in [0.25, 0.3) is 0 Å². The largest absolute Gasteiger partial charge is 0.344 e. The Morgan fingerprint density at radius 2 is 2.06 bits per heavy atom. The fourth-order valence-electron chi connectivity index (χ4n) is 1.58. The van der Waals surface area contributed by atoms with Crippen molar-refractivity contribution < 1.29 is 0 Å². The summed E-state index contributed by atoms with van der Waals surface area (Å²) in [5.74, 6) is 0.796. The van der Waals surface area contributed by atoms with Crippen molar-refractivity contribution >= 4 is 27.7 Å². The van der Waals surface area contributed by atoms with Crippen molar-refractivity contribution in [2.45, 2.75) is 30.8 Å². The van der Waals surface area contributed by atoms with Crippen LogP contribution in [0.2, 0.25) is 0 Å². The minimum Gasteiger partial charge on any atom is -0.268 e. The molecule has 18 heavy (non-hydrogen) atoms. The lowest BCUT2D eigenvalue weighted by Gasteiger charge is -2.08. The average molecular weight is 328 g/mol. The van der Waals surface area contributed by atoms with E-state index in [4.69, 9.17) is 0 Å². The van der Waals surface area contributed by atoms with E-state index in [1.165, 1.54) is 5.56 Å². The zero-order valence-corrected chi connectivity index (χ0v) is 12.6. The van der Waals surface area contributed by atoms with E-state index in [1.807, 2.05) is 26.0 Å². The number of aromatic amines is 1. The molecule has 0 unspecified atom stereocenters. The van der Waals surface area contributed by atoms with E-state index in [-0.39, 0.29) is 11.7 Å². The van der Waals surface area contributed by atoms with E-state index in [0.29, 0.717) is 0 Å². The third-order valence-electron chi connectivity index (χ3n) is 2.47. The molecule has 0 bridgehead atoms. The molecule has 96 valence electrons. The predicted molar refractivity (Wildman–Crippen MR) is 76.9 cm³/mol. The molecule has 4 nitrogen and oxygen atoms in total. The highest BCUT2D eigenvalue weighted by Gasteiger charge is 2.11. The van der Waals surface area contributed by atoms with Crippen LogP contribution in [0.1, 0.15) is 25.5 Å². The van der Waals surface area contributed by atoms with E-state index in [2.05, 4.69) is 38.3 Å². The molecule has 2 rings (SSSR count). The molecule has 1 heterocycles. The van der Waals surface area contributed by atoms with Crippen LogP contribution in [0.5, 0.6) is 0 Å². The Morgan fingerprint density at radius 3 is 2.67 bits per heavy atom. The summed E-state index contributed by atoms with van der Waals surface area (Å²) in [7, 11) is 0. The van der Waals surface area contributed by atoms with Gasteiger partial charge in [-0.1, -0.05) is 39.8 Å². The fraction of sp³-hybridized carbons (Fsp3) is 0.333. The van der Waals surface area contributed by atoms with Gasteiger partial charge >= 0.3 is 5.69 Å². The third kappa shape index (κ3) is 3.05. The van der Waals surface area contributed by atoms with Crippen molar-refractivity contribution in [1.29, 1.82) is 0 Å². The molecule has 6 heteroatoms. The number of benzene rings is 1. The Labute approximate surface area is 118 Å². The topological polar surface area (TPSA) is 50.7 Å². The van der Waals surface area contributed by atoms with Crippen molar-refractivity contribution in [3.05, 3.63) is 44.8 Å². The lowest BCUT2D eigenvalue weighted by molar-refractivity contribution is 0.534. The number of H-pyrrole nitrogens is 1. The van der Waals surface area contributed by atoms with Gasteiger partial charge in [0.15, 0.2) is 5.16 Å². The van der Waals surface area contributed by atoms with E-state index in [9.17, 15) is 4.79 Å². The molecule has 0 fully saturated rings. The van der Waals surface area contributed by atoms with Crippen molar-refractivity contribution in [1.82, 2.24) is 14.8 Å². The third-order valence-corrected chi connectivity index (χ3v) is 4.02. The molecule has 0 spiro atoms. The van der Waals surface area contributed by atoms with E-state index in [1.54, 1.807) is 16.3 Å². The van der Waals surface area contributed by atoms with E-state index >= 15 is 0 Å². The van der Waals surface area contributed by atoms with Gasteiger partial charge in [-0.15, -0.1) is 5.10 Å². The molecule has 0 amide bonds. The minimum atomic E-state index is -0.150. The molecule has 0 aliphatic rings. The lowest BCUT2D eigenvalue weighted by Crippen LogP contribution is -2.19. The Bertz CT molecular complexity index is 574. The normalized spacial score (nSPS) is 11.1. The summed E-state index contributed by atoms with van der Waals surface area (Å²) in [6.45, 7) is 3.95. The van der Waals surface area contributed by atoms with Crippen molar-refractivity contribution in [2.24, 2.45) is 0 Å². The molecule has 1 aromatic heterocycles. The maximum absolute atomic E-state index is 11.6. The van der Waals surface area contributed by atoms with Crippen molar-refractivity contribution in [2.75, 3.05) is 0 Å². The standard InChI is InChI=1S/C12H14BrN3OS/c1-8(2)16-11(17)14-15-12(16)18-7-9-3-5-10(13)6-4-9/h3-6,8H,7H2,1-2H3,(H,14,17). The first kappa shape index (κ1) is 13.4. The Morgan fingerprint density at radius 1 is 1.39 bits per heavy atom. The van der Waals surface area contributed by atoms with E-state index < -0.39 is 0 Å². The van der Waals surface area contributed by atoms with Gasteiger partial charge in [-0.3, -0.25) is 4.57 Å². The number of nitrogens with one attached hydrogen (secondary N) is 1. The van der Waals surface area contributed by atoms with E-state index in [0.717, 1.165) is 15.4 Å². The zero-order valence-electron chi connectivity index (χ0n) is 10.2. The van der Waals surface area contributed by atoms with Gasteiger partial charge in [0.05, 0.1) is 0 Å². The molecule has 0 aliphatic carbocycles. The highest BCUT2D eigenvalue weighted by atomic mass is 79.9. The summed E-state index contributed by atoms with van der Waals surface area (Å²) in [6.07, 6.45) is 0. The second-order valence-electron chi connectivity index (χ2n) is 4.19. The molecule has 2 aromatic rings. The SMILES string of the molecule is CC(C)n1c(SCc2ccc(Br)cc2)n[nH]c1=O. The molecule has 1 N–H and O–H groups in total. The minimum absolute atomic E-state index is 0.115. The summed E-state index contributed by atoms with van der Waals surface area (Å²) in [5, 5.41) is 7.28. The van der Waals surface area contributed by atoms with Crippen LogP contribution in [0.4, 0.5) is 0 Å². The van der Waals surface area contributed by atoms with Gasteiger partial charge in [0.25, 0.3) is 0 Å².